The molecule has 1 aliphatic rings. The summed E-state index contributed by atoms with van der Waals surface area (Å²) in [6.07, 6.45) is 2.54. The molecule has 0 bridgehead atoms. The second-order valence-corrected chi connectivity index (χ2v) is 8.86. The first kappa shape index (κ1) is 23.4. The predicted octanol–water partition coefficient (Wildman–Crippen LogP) is 0.00210. The Morgan fingerprint density at radius 2 is 2.00 bits per heavy atom. The van der Waals surface area contributed by atoms with Gasteiger partial charge in [-0.05, 0) is 0 Å². The van der Waals surface area contributed by atoms with Crippen molar-refractivity contribution in [3.63, 3.8) is 0 Å². The number of nitrogens with zero attached hydrogens (tertiary/aromatic N) is 5. The van der Waals surface area contributed by atoms with E-state index in [2.05, 4.69) is 25.8 Å². The molecule has 12 heteroatoms. The summed E-state index contributed by atoms with van der Waals surface area (Å²) >= 11 is 1.80. The van der Waals surface area contributed by atoms with E-state index in [1.54, 1.807) is 29.4 Å². The van der Waals surface area contributed by atoms with Gasteiger partial charge in [0.1, 0.15) is 12.2 Å². The minimum absolute atomic E-state index is 0. The summed E-state index contributed by atoms with van der Waals surface area (Å²) in [6, 6.07) is 0. The van der Waals surface area contributed by atoms with E-state index in [0.717, 1.165) is 30.3 Å². The Hall–Kier alpha value is -0.600. The lowest BCUT2D eigenvalue weighted by atomic mass is 10.4. The third-order valence-corrected chi connectivity index (χ3v) is 6.71. The molecule has 0 spiro atoms. The number of thioether (sulfide) groups is 1. The topological polar surface area (TPSA) is 105 Å². The van der Waals surface area contributed by atoms with E-state index >= 15 is 0 Å². The van der Waals surface area contributed by atoms with Crippen LogP contribution in [0.4, 0.5) is 0 Å². The lowest BCUT2D eigenvalue weighted by Gasteiger charge is -2.25. The summed E-state index contributed by atoms with van der Waals surface area (Å²) < 4.78 is 28.2. The summed E-state index contributed by atoms with van der Waals surface area (Å²) in [7, 11) is -1.53. The highest BCUT2D eigenvalue weighted by Crippen LogP contribution is 2.12. The summed E-state index contributed by atoms with van der Waals surface area (Å²) in [4.78, 5) is 4.12. The fourth-order valence-corrected chi connectivity index (χ4v) is 5.00. The van der Waals surface area contributed by atoms with Gasteiger partial charge in [-0.1, -0.05) is 6.92 Å². The molecule has 0 unspecified atom stereocenters. The Bertz CT molecular complexity index is 660. The lowest BCUT2D eigenvalue weighted by molar-refractivity contribution is 0.443. The molecular weight excluding hydrogens is 489 g/mol. The Labute approximate surface area is 176 Å². The van der Waals surface area contributed by atoms with E-state index in [1.807, 2.05) is 11.5 Å². The van der Waals surface area contributed by atoms with Gasteiger partial charge in [-0.2, -0.15) is 11.8 Å². The van der Waals surface area contributed by atoms with Crippen LogP contribution in [-0.2, 0) is 23.0 Å². The van der Waals surface area contributed by atoms with Gasteiger partial charge >= 0.3 is 0 Å². The zero-order valence-electron chi connectivity index (χ0n) is 15.2. The number of aromatic nitrogens is 3. The summed E-state index contributed by atoms with van der Waals surface area (Å²) in [5, 5.41) is 14.2. The molecule has 0 atom stereocenters. The monoisotopic (exact) mass is 517 g/mol. The number of hydrogen-bond acceptors (Lipinski definition) is 6. The molecule has 0 amide bonds. The third kappa shape index (κ3) is 7.19. The molecule has 1 saturated heterocycles. The van der Waals surface area contributed by atoms with E-state index < -0.39 is 10.0 Å². The molecule has 150 valence electrons. The Morgan fingerprint density at radius 1 is 1.31 bits per heavy atom. The SMILES string of the molecule is CCc1nncn1CCNC(=NC)NCCS(=O)(=O)N1CCSCC1.I. The van der Waals surface area contributed by atoms with E-state index in [0.29, 0.717) is 32.1 Å². The van der Waals surface area contributed by atoms with Gasteiger partial charge in [-0.25, -0.2) is 12.7 Å². The van der Waals surface area contributed by atoms with E-state index in [4.69, 9.17) is 0 Å². The van der Waals surface area contributed by atoms with Crippen LogP contribution in [0.5, 0.6) is 0 Å². The van der Waals surface area contributed by atoms with Crippen molar-refractivity contribution >= 4 is 51.7 Å². The van der Waals surface area contributed by atoms with Crippen molar-refractivity contribution in [1.82, 2.24) is 29.7 Å². The van der Waals surface area contributed by atoms with Gasteiger partial charge in [0.05, 0.1) is 5.75 Å². The highest BCUT2D eigenvalue weighted by atomic mass is 127. The molecule has 1 aromatic heterocycles. The van der Waals surface area contributed by atoms with Crippen LogP contribution < -0.4 is 10.6 Å². The molecule has 0 aliphatic carbocycles. The van der Waals surface area contributed by atoms with Crippen molar-refractivity contribution in [3.8, 4) is 0 Å². The highest BCUT2D eigenvalue weighted by molar-refractivity contribution is 14.0. The average Bonchev–Trinajstić information content (AvgIpc) is 3.08. The van der Waals surface area contributed by atoms with Gasteiger partial charge < -0.3 is 15.2 Å². The zero-order chi connectivity index (χ0) is 18.1. The van der Waals surface area contributed by atoms with Crippen molar-refractivity contribution < 1.29 is 8.42 Å². The summed E-state index contributed by atoms with van der Waals surface area (Å²) in [5.41, 5.74) is 0. The fourth-order valence-electron chi connectivity index (χ4n) is 2.51. The molecule has 0 radical (unpaired) electrons. The Morgan fingerprint density at radius 3 is 2.65 bits per heavy atom. The van der Waals surface area contributed by atoms with Crippen LogP contribution in [0.15, 0.2) is 11.3 Å². The quantitative estimate of drug-likeness (QED) is 0.284. The molecule has 2 heterocycles. The largest absolute Gasteiger partial charge is 0.355 e. The van der Waals surface area contributed by atoms with Crippen LogP contribution in [-0.4, -0.2) is 83.9 Å². The molecule has 2 rings (SSSR count). The Balaban J connectivity index is 0.00000338. The smallest absolute Gasteiger partial charge is 0.215 e. The average molecular weight is 517 g/mol. The molecule has 9 nitrogen and oxygen atoms in total. The zero-order valence-corrected chi connectivity index (χ0v) is 19.2. The van der Waals surface area contributed by atoms with Gasteiger partial charge in [0, 0.05) is 57.7 Å². The minimum Gasteiger partial charge on any atom is -0.355 e. The van der Waals surface area contributed by atoms with Crippen molar-refractivity contribution in [2.24, 2.45) is 4.99 Å². The number of aryl methyl sites for hydroxylation is 1. The number of hydrogen-bond donors (Lipinski definition) is 2. The summed E-state index contributed by atoms with van der Waals surface area (Å²) in [6.45, 7) is 4.97. The molecule has 0 aromatic carbocycles. The van der Waals surface area contributed by atoms with Gasteiger partial charge in [-0.3, -0.25) is 4.99 Å². The minimum atomic E-state index is -3.20. The van der Waals surface area contributed by atoms with Gasteiger partial charge in [0.15, 0.2) is 5.96 Å². The van der Waals surface area contributed by atoms with Crippen LogP contribution >= 0.6 is 35.7 Å². The maximum absolute atomic E-state index is 12.3. The van der Waals surface area contributed by atoms with Crippen LogP contribution in [0.3, 0.4) is 0 Å². The number of sulfonamides is 1. The van der Waals surface area contributed by atoms with Gasteiger partial charge in [0.2, 0.25) is 10.0 Å². The van der Waals surface area contributed by atoms with E-state index in [1.165, 1.54) is 0 Å². The maximum atomic E-state index is 12.3. The Kier molecular flexibility index (Phi) is 10.8. The number of nitrogens with one attached hydrogen (secondary N) is 2. The molecule has 26 heavy (non-hydrogen) atoms. The number of aliphatic imine (C=N–C) groups is 1. The number of guanidine groups is 1. The van der Waals surface area contributed by atoms with Crippen molar-refractivity contribution in [2.45, 2.75) is 19.9 Å². The summed E-state index contributed by atoms with van der Waals surface area (Å²) in [5.74, 6) is 3.35. The normalized spacial score (nSPS) is 16.2. The van der Waals surface area contributed by atoms with Crippen LogP contribution in [0.2, 0.25) is 0 Å². The van der Waals surface area contributed by atoms with Gasteiger partial charge in [-0.15, -0.1) is 34.2 Å². The lowest BCUT2D eigenvalue weighted by Crippen LogP contribution is -2.44. The molecule has 1 aromatic rings. The molecule has 0 saturated carbocycles. The van der Waals surface area contributed by atoms with Crippen LogP contribution in [0.1, 0.15) is 12.7 Å². The van der Waals surface area contributed by atoms with Gasteiger partial charge in [0.25, 0.3) is 0 Å². The molecular formula is C14H28IN7O2S2. The van der Waals surface area contributed by atoms with E-state index in [-0.39, 0.29) is 29.7 Å². The molecule has 2 N–H and O–H groups in total. The first-order valence-electron chi connectivity index (χ1n) is 8.43. The third-order valence-electron chi connectivity index (χ3n) is 3.90. The second-order valence-electron chi connectivity index (χ2n) is 5.55. The first-order chi connectivity index (χ1) is 12.1. The standard InChI is InChI=1S/C14H27N7O2S2.HI/c1-3-13-19-18-12-20(13)6-4-16-14(15-2)17-5-11-25(22,23)21-7-9-24-10-8-21;/h12H,3-11H2,1-2H3,(H2,15,16,17);1H. The fraction of sp³-hybridized carbons (Fsp3) is 0.786. The first-order valence-corrected chi connectivity index (χ1v) is 11.2. The van der Waals surface area contributed by atoms with E-state index in [9.17, 15) is 8.42 Å². The number of rotatable bonds is 8. The maximum Gasteiger partial charge on any atom is 0.215 e. The molecule has 1 aliphatic heterocycles. The van der Waals surface area contributed by atoms with Crippen molar-refractivity contribution in [2.75, 3.05) is 50.5 Å². The van der Waals surface area contributed by atoms with Crippen molar-refractivity contribution in [3.05, 3.63) is 12.2 Å². The molecule has 1 fully saturated rings. The predicted molar refractivity (Wildman–Crippen MR) is 117 cm³/mol. The van der Waals surface area contributed by atoms with Crippen LogP contribution in [0.25, 0.3) is 0 Å². The second kappa shape index (κ2) is 12.0. The van der Waals surface area contributed by atoms with Crippen molar-refractivity contribution in [1.29, 1.82) is 0 Å². The van der Waals surface area contributed by atoms with Crippen LogP contribution in [0, 0.1) is 0 Å². The highest BCUT2D eigenvalue weighted by Gasteiger charge is 2.23. The number of halogens is 1.